The standard InChI is InChI=1S/C19H25N3O4SSi/c1-24-14-5-6-16-15(9-14)19(23)22(13-25-7-8-28(2,3)4)17(21-16)11-26-18-10-20-12-27-18/h5-6,9-10,12H,7-8,11,13H2,1-4H3. The summed E-state index contributed by atoms with van der Waals surface area (Å²) in [7, 11) is 0.368. The van der Waals surface area contributed by atoms with Crippen LogP contribution in [0.3, 0.4) is 0 Å². The van der Waals surface area contributed by atoms with Crippen molar-refractivity contribution in [2.24, 2.45) is 0 Å². The molecular weight excluding hydrogens is 394 g/mol. The summed E-state index contributed by atoms with van der Waals surface area (Å²) in [6, 6.07) is 6.31. The van der Waals surface area contributed by atoms with E-state index in [0.717, 1.165) is 6.04 Å². The van der Waals surface area contributed by atoms with Crippen LogP contribution in [0.15, 0.2) is 34.7 Å². The van der Waals surface area contributed by atoms with Crippen LogP contribution in [0, 0.1) is 0 Å². The normalized spacial score (nSPS) is 11.7. The lowest BCUT2D eigenvalue weighted by molar-refractivity contribution is 0.0794. The number of methoxy groups -OCH3 is 1. The number of hydrogen-bond donors (Lipinski definition) is 0. The van der Waals surface area contributed by atoms with Gasteiger partial charge < -0.3 is 14.2 Å². The molecule has 0 fully saturated rings. The second kappa shape index (κ2) is 8.85. The number of ether oxygens (including phenoxy) is 3. The lowest BCUT2D eigenvalue weighted by Gasteiger charge is -2.17. The molecule has 0 N–H and O–H groups in total. The summed E-state index contributed by atoms with van der Waals surface area (Å²) in [5.41, 5.74) is 2.13. The van der Waals surface area contributed by atoms with Crippen LogP contribution < -0.4 is 15.0 Å². The van der Waals surface area contributed by atoms with Crippen molar-refractivity contribution in [1.29, 1.82) is 0 Å². The number of thiazole rings is 1. The Morgan fingerprint density at radius 2 is 2.07 bits per heavy atom. The molecule has 0 radical (unpaired) electrons. The van der Waals surface area contributed by atoms with Gasteiger partial charge in [0.05, 0.1) is 29.7 Å². The van der Waals surface area contributed by atoms with Crippen molar-refractivity contribution in [3.05, 3.63) is 46.1 Å². The van der Waals surface area contributed by atoms with Gasteiger partial charge in [0.2, 0.25) is 0 Å². The predicted molar refractivity (Wildman–Crippen MR) is 113 cm³/mol. The summed E-state index contributed by atoms with van der Waals surface area (Å²) in [5.74, 6) is 1.13. The quantitative estimate of drug-likeness (QED) is 0.388. The second-order valence-corrected chi connectivity index (χ2v) is 14.1. The fraction of sp³-hybridized carbons (Fsp3) is 0.421. The molecule has 3 aromatic rings. The smallest absolute Gasteiger partial charge is 0.263 e. The van der Waals surface area contributed by atoms with E-state index in [0.29, 0.717) is 34.1 Å². The highest BCUT2D eigenvalue weighted by Crippen LogP contribution is 2.20. The third-order valence-corrected chi connectivity index (χ3v) is 6.60. The van der Waals surface area contributed by atoms with E-state index in [1.165, 1.54) is 15.9 Å². The van der Waals surface area contributed by atoms with Gasteiger partial charge in [0.1, 0.15) is 19.1 Å². The predicted octanol–water partition coefficient (Wildman–Crippen LogP) is 3.75. The topological polar surface area (TPSA) is 75.5 Å². The van der Waals surface area contributed by atoms with Crippen molar-refractivity contribution >= 4 is 30.3 Å². The SMILES string of the molecule is COc1ccc2nc(COc3cncs3)n(COCC[Si](C)(C)C)c(=O)c2c1. The molecule has 9 heteroatoms. The highest BCUT2D eigenvalue weighted by atomic mass is 32.1. The second-order valence-electron chi connectivity index (χ2n) is 7.60. The Morgan fingerprint density at radius 3 is 2.75 bits per heavy atom. The molecule has 0 saturated carbocycles. The molecule has 2 heterocycles. The fourth-order valence-electron chi connectivity index (χ4n) is 2.56. The molecule has 7 nitrogen and oxygen atoms in total. The Hall–Kier alpha value is -2.23. The first-order valence-corrected chi connectivity index (χ1v) is 13.6. The van der Waals surface area contributed by atoms with Gasteiger partial charge in [-0.15, -0.1) is 0 Å². The van der Waals surface area contributed by atoms with Crippen LogP contribution in [0.25, 0.3) is 10.9 Å². The number of aromatic nitrogens is 3. The van der Waals surface area contributed by atoms with Gasteiger partial charge in [0.25, 0.3) is 5.56 Å². The molecule has 0 aliphatic heterocycles. The van der Waals surface area contributed by atoms with Crippen LogP contribution in [0.4, 0.5) is 0 Å². The zero-order valence-corrected chi connectivity index (χ0v) is 18.4. The Kier molecular flexibility index (Phi) is 6.48. The van der Waals surface area contributed by atoms with Gasteiger partial charge in [-0.05, 0) is 24.2 Å². The first kappa shape index (κ1) is 20.5. The van der Waals surface area contributed by atoms with Crippen molar-refractivity contribution in [2.45, 2.75) is 39.0 Å². The van der Waals surface area contributed by atoms with E-state index in [1.807, 2.05) is 0 Å². The summed E-state index contributed by atoms with van der Waals surface area (Å²) in [5, 5.41) is 1.17. The molecule has 0 spiro atoms. The maximum absolute atomic E-state index is 13.1. The number of benzene rings is 1. The van der Waals surface area contributed by atoms with Crippen LogP contribution >= 0.6 is 11.3 Å². The van der Waals surface area contributed by atoms with E-state index in [4.69, 9.17) is 14.2 Å². The van der Waals surface area contributed by atoms with E-state index in [1.54, 1.807) is 37.0 Å². The van der Waals surface area contributed by atoms with E-state index in [-0.39, 0.29) is 18.9 Å². The highest BCUT2D eigenvalue weighted by molar-refractivity contribution is 7.11. The first-order valence-electron chi connectivity index (χ1n) is 9.04. The highest BCUT2D eigenvalue weighted by Gasteiger charge is 2.15. The lowest BCUT2D eigenvalue weighted by atomic mass is 10.2. The zero-order chi connectivity index (χ0) is 20.1. The van der Waals surface area contributed by atoms with Crippen LogP contribution in [0.1, 0.15) is 5.82 Å². The van der Waals surface area contributed by atoms with Crippen molar-refractivity contribution < 1.29 is 14.2 Å². The van der Waals surface area contributed by atoms with Crippen LogP contribution in [0.2, 0.25) is 25.7 Å². The summed E-state index contributed by atoms with van der Waals surface area (Å²) < 4.78 is 18.3. The minimum absolute atomic E-state index is 0.144. The first-order chi connectivity index (χ1) is 13.4. The van der Waals surface area contributed by atoms with Crippen molar-refractivity contribution in [1.82, 2.24) is 14.5 Å². The third-order valence-electron chi connectivity index (χ3n) is 4.21. The third kappa shape index (κ3) is 5.18. The fourth-order valence-corrected chi connectivity index (χ4v) is 3.79. The number of hydrogen-bond acceptors (Lipinski definition) is 7. The number of nitrogens with zero attached hydrogens (tertiary/aromatic N) is 3. The van der Waals surface area contributed by atoms with E-state index in [2.05, 4.69) is 29.6 Å². The molecule has 28 heavy (non-hydrogen) atoms. The van der Waals surface area contributed by atoms with E-state index >= 15 is 0 Å². The maximum atomic E-state index is 13.1. The number of rotatable bonds is 9. The van der Waals surface area contributed by atoms with Crippen LogP contribution in [-0.4, -0.2) is 36.3 Å². The summed E-state index contributed by atoms with van der Waals surface area (Å²) in [4.78, 5) is 21.7. The van der Waals surface area contributed by atoms with Gasteiger partial charge in [0.15, 0.2) is 10.9 Å². The molecule has 2 aromatic heterocycles. The van der Waals surface area contributed by atoms with Crippen molar-refractivity contribution in [3.63, 3.8) is 0 Å². The minimum Gasteiger partial charge on any atom is -0.497 e. The molecule has 3 rings (SSSR count). The summed E-state index contributed by atoms with van der Waals surface area (Å²) in [6.07, 6.45) is 1.64. The van der Waals surface area contributed by atoms with Gasteiger partial charge in [-0.2, -0.15) is 0 Å². The molecule has 0 aliphatic carbocycles. The van der Waals surface area contributed by atoms with Crippen molar-refractivity contribution in [2.75, 3.05) is 13.7 Å². The molecule has 0 atom stereocenters. The maximum Gasteiger partial charge on any atom is 0.263 e. The molecule has 0 unspecified atom stereocenters. The van der Waals surface area contributed by atoms with Crippen LogP contribution in [-0.2, 0) is 18.1 Å². The van der Waals surface area contributed by atoms with Crippen LogP contribution in [0.5, 0.6) is 10.8 Å². The van der Waals surface area contributed by atoms with Gasteiger partial charge in [-0.1, -0.05) is 31.0 Å². The minimum atomic E-state index is -1.21. The van der Waals surface area contributed by atoms with Gasteiger partial charge in [0, 0.05) is 14.7 Å². The Labute approximate surface area is 168 Å². The van der Waals surface area contributed by atoms with Crippen molar-refractivity contribution in [3.8, 4) is 10.8 Å². The molecule has 0 saturated heterocycles. The van der Waals surface area contributed by atoms with E-state index in [9.17, 15) is 4.79 Å². The molecule has 0 aliphatic rings. The Balaban J connectivity index is 1.89. The average Bonchev–Trinajstić information content (AvgIpc) is 3.17. The molecule has 0 bridgehead atoms. The molecule has 0 amide bonds. The lowest BCUT2D eigenvalue weighted by Crippen LogP contribution is -2.28. The van der Waals surface area contributed by atoms with Gasteiger partial charge in [-0.25, -0.2) is 9.97 Å². The van der Waals surface area contributed by atoms with Gasteiger partial charge >= 0.3 is 0 Å². The molecular formula is C19H25N3O4SSi. The molecule has 150 valence electrons. The number of fused-ring (bicyclic) bond motifs is 1. The molecule has 1 aromatic carbocycles. The Morgan fingerprint density at radius 1 is 1.25 bits per heavy atom. The monoisotopic (exact) mass is 419 g/mol. The summed E-state index contributed by atoms with van der Waals surface area (Å²) in [6.45, 7) is 7.80. The average molecular weight is 420 g/mol. The van der Waals surface area contributed by atoms with E-state index < -0.39 is 8.07 Å². The zero-order valence-electron chi connectivity index (χ0n) is 16.6. The largest absolute Gasteiger partial charge is 0.497 e. The Bertz CT molecular complexity index is 983. The summed E-state index contributed by atoms with van der Waals surface area (Å²) >= 11 is 1.39. The van der Waals surface area contributed by atoms with Gasteiger partial charge in [-0.3, -0.25) is 9.36 Å².